The zero-order valence-electron chi connectivity index (χ0n) is 12.0. The lowest BCUT2D eigenvalue weighted by atomic mass is 10.1. The van der Waals surface area contributed by atoms with Crippen molar-refractivity contribution in [2.24, 2.45) is 0 Å². The van der Waals surface area contributed by atoms with Crippen LogP contribution in [0.5, 0.6) is 5.75 Å². The second-order valence-corrected chi connectivity index (χ2v) is 6.55. The van der Waals surface area contributed by atoms with Crippen molar-refractivity contribution < 1.29 is 22.6 Å². The van der Waals surface area contributed by atoms with Gasteiger partial charge in [-0.15, -0.1) is 0 Å². The quantitative estimate of drug-likeness (QED) is 0.780. The minimum Gasteiger partial charge on any atom is -0.496 e. The maximum absolute atomic E-state index is 11.7. The summed E-state index contributed by atoms with van der Waals surface area (Å²) in [5.74, 6) is 0.574. The van der Waals surface area contributed by atoms with Gasteiger partial charge in [0, 0.05) is 6.26 Å². The third kappa shape index (κ3) is 2.67. The summed E-state index contributed by atoms with van der Waals surface area (Å²) in [4.78, 5) is 0. The van der Waals surface area contributed by atoms with Crippen LogP contribution in [-0.4, -0.2) is 55.2 Å². The number of methoxy groups -OCH3 is 1. The van der Waals surface area contributed by atoms with Crippen LogP contribution in [0.2, 0.25) is 0 Å². The van der Waals surface area contributed by atoms with E-state index in [1.165, 1.54) is 7.11 Å². The van der Waals surface area contributed by atoms with Crippen LogP contribution in [0.1, 0.15) is 11.9 Å². The Labute approximate surface area is 126 Å². The Morgan fingerprint density at radius 1 is 1.32 bits per heavy atom. The zero-order valence-corrected chi connectivity index (χ0v) is 12.8. The lowest BCUT2D eigenvalue weighted by Gasteiger charge is -2.15. The Morgan fingerprint density at radius 2 is 2.05 bits per heavy atom. The molecule has 1 aromatic carbocycles. The van der Waals surface area contributed by atoms with Gasteiger partial charge in [-0.2, -0.15) is 4.68 Å². The molecule has 0 N–H and O–H groups in total. The molecule has 1 aliphatic rings. The van der Waals surface area contributed by atoms with Crippen molar-refractivity contribution in [2.75, 3.05) is 26.6 Å². The van der Waals surface area contributed by atoms with Gasteiger partial charge in [0.2, 0.25) is 9.84 Å². The lowest BCUT2D eigenvalue weighted by Crippen LogP contribution is -2.10. The number of tetrazole rings is 1. The first-order valence-corrected chi connectivity index (χ1v) is 8.30. The summed E-state index contributed by atoms with van der Waals surface area (Å²) in [6.45, 7) is 0.967. The van der Waals surface area contributed by atoms with Crippen LogP contribution in [0, 0.1) is 0 Å². The van der Waals surface area contributed by atoms with Crippen LogP contribution in [0.3, 0.4) is 0 Å². The Balaban J connectivity index is 2.09. The first kappa shape index (κ1) is 14.9. The lowest BCUT2D eigenvalue weighted by molar-refractivity contribution is -0.0454. The van der Waals surface area contributed by atoms with Gasteiger partial charge in [-0.1, -0.05) is 5.10 Å². The van der Waals surface area contributed by atoms with Crippen molar-refractivity contribution in [1.82, 2.24) is 20.2 Å². The molecule has 0 unspecified atom stereocenters. The van der Waals surface area contributed by atoms with Crippen LogP contribution in [0.25, 0.3) is 5.69 Å². The fraction of sp³-hybridized carbons (Fsp3) is 0.417. The molecule has 10 heteroatoms. The largest absolute Gasteiger partial charge is 0.496 e. The van der Waals surface area contributed by atoms with Gasteiger partial charge in [-0.25, -0.2) is 8.42 Å². The van der Waals surface area contributed by atoms with Gasteiger partial charge in [-0.05, 0) is 28.6 Å². The number of nitrogens with zero attached hydrogens (tertiary/aromatic N) is 4. The minimum absolute atomic E-state index is 0.239. The molecule has 22 heavy (non-hydrogen) atoms. The molecule has 9 nitrogen and oxygen atoms in total. The van der Waals surface area contributed by atoms with Gasteiger partial charge in [0.05, 0.1) is 31.6 Å². The van der Waals surface area contributed by atoms with E-state index in [2.05, 4.69) is 15.5 Å². The normalized spacial score (nSPS) is 16.1. The standard InChI is InChI=1S/C12H14N4O5S/c1-19-10-4-3-8(7-9(10)11-20-5-6-21-11)16-12(13-14-15-16)22(2,17)18/h3-4,7,11H,5-6H2,1-2H3. The van der Waals surface area contributed by atoms with E-state index in [9.17, 15) is 8.42 Å². The Hall–Kier alpha value is -2.04. The van der Waals surface area contributed by atoms with Gasteiger partial charge in [0.25, 0.3) is 5.16 Å². The molecular formula is C12H14N4O5S. The fourth-order valence-electron chi connectivity index (χ4n) is 2.15. The van der Waals surface area contributed by atoms with Crippen molar-refractivity contribution >= 4 is 9.84 Å². The van der Waals surface area contributed by atoms with Gasteiger partial charge >= 0.3 is 0 Å². The van der Waals surface area contributed by atoms with E-state index in [0.717, 1.165) is 10.9 Å². The molecule has 3 rings (SSSR count). The van der Waals surface area contributed by atoms with Crippen LogP contribution < -0.4 is 4.74 Å². The molecule has 0 bridgehead atoms. The molecule has 0 amide bonds. The molecule has 1 aromatic heterocycles. The van der Waals surface area contributed by atoms with Crippen molar-refractivity contribution in [2.45, 2.75) is 11.4 Å². The number of sulfone groups is 1. The zero-order chi connectivity index (χ0) is 15.7. The second-order valence-electron chi connectivity index (χ2n) is 4.65. The van der Waals surface area contributed by atoms with Crippen molar-refractivity contribution in [1.29, 1.82) is 0 Å². The molecule has 0 radical (unpaired) electrons. The predicted molar refractivity (Wildman–Crippen MR) is 73.5 cm³/mol. The van der Waals surface area contributed by atoms with Gasteiger partial charge in [0.1, 0.15) is 5.75 Å². The molecule has 0 spiro atoms. The van der Waals surface area contributed by atoms with Gasteiger partial charge in [-0.3, -0.25) is 0 Å². The number of aromatic nitrogens is 4. The maximum Gasteiger partial charge on any atom is 0.272 e. The van der Waals surface area contributed by atoms with Crippen LogP contribution in [0.4, 0.5) is 0 Å². The first-order chi connectivity index (χ1) is 10.5. The summed E-state index contributed by atoms with van der Waals surface area (Å²) in [5.41, 5.74) is 1.12. The van der Waals surface area contributed by atoms with Gasteiger partial charge in [0.15, 0.2) is 6.29 Å². The summed E-state index contributed by atoms with van der Waals surface area (Å²) in [7, 11) is -2.02. The minimum atomic E-state index is -3.55. The third-order valence-corrected chi connectivity index (χ3v) is 4.02. The van der Waals surface area contributed by atoms with E-state index < -0.39 is 16.1 Å². The summed E-state index contributed by atoms with van der Waals surface area (Å²) in [5, 5.41) is 10.5. The van der Waals surface area contributed by atoms with Crippen molar-refractivity contribution in [3.05, 3.63) is 23.8 Å². The van der Waals surface area contributed by atoms with E-state index in [-0.39, 0.29) is 5.16 Å². The molecule has 1 aliphatic heterocycles. The summed E-state index contributed by atoms with van der Waals surface area (Å²) < 4.78 is 40.8. The number of hydrogen-bond acceptors (Lipinski definition) is 8. The highest BCUT2D eigenvalue weighted by atomic mass is 32.2. The highest BCUT2D eigenvalue weighted by molar-refractivity contribution is 7.90. The molecule has 1 saturated heterocycles. The average Bonchev–Trinajstić information content (AvgIpc) is 3.17. The summed E-state index contributed by atoms with van der Waals surface area (Å²) in [6.07, 6.45) is 0.482. The average molecular weight is 326 g/mol. The number of benzene rings is 1. The molecule has 2 aromatic rings. The van der Waals surface area contributed by atoms with E-state index in [0.29, 0.717) is 30.2 Å². The molecule has 2 heterocycles. The van der Waals surface area contributed by atoms with E-state index in [1.807, 2.05) is 0 Å². The monoisotopic (exact) mass is 326 g/mol. The van der Waals surface area contributed by atoms with E-state index in [4.69, 9.17) is 14.2 Å². The number of rotatable bonds is 4. The predicted octanol–water partition coefficient (Wildman–Crippen LogP) is 0.120. The topological polar surface area (TPSA) is 105 Å². The molecule has 0 atom stereocenters. The van der Waals surface area contributed by atoms with E-state index in [1.54, 1.807) is 18.2 Å². The molecular weight excluding hydrogens is 312 g/mol. The SMILES string of the molecule is COc1ccc(-n2nnnc2S(C)(=O)=O)cc1C1OCCO1. The fourth-order valence-corrected chi connectivity index (χ4v) is 2.79. The first-order valence-electron chi connectivity index (χ1n) is 6.40. The summed E-state index contributed by atoms with van der Waals surface area (Å²) in [6, 6.07) is 5.02. The number of hydrogen-bond donors (Lipinski definition) is 0. The second kappa shape index (κ2) is 5.63. The van der Waals surface area contributed by atoms with Crippen molar-refractivity contribution in [3.8, 4) is 11.4 Å². The Bertz CT molecular complexity index is 783. The maximum atomic E-state index is 11.7. The Kier molecular flexibility index (Phi) is 3.81. The third-order valence-electron chi connectivity index (χ3n) is 3.11. The van der Waals surface area contributed by atoms with Crippen LogP contribution >= 0.6 is 0 Å². The number of ether oxygens (including phenoxy) is 3. The molecule has 118 valence electrons. The molecule has 1 fully saturated rings. The van der Waals surface area contributed by atoms with E-state index >= 15 is 0 Å². The van der Waals surface area contributed by atoms with Gasteiger partial charge < -0.3 is 14.2 Å². The summed E-state index contributed by atoms with van der Waals surface area (Å²) >= 11 is 0. The van der Waals surface area contributed by atoms with Crippen molar-refractivity contribution in [3.63, 3.8) is 0 Å². The smallest absolute Gasteiger partial charge is 0.272 e. The van der Waals surface area contributed by atoms with Crippen LogP contribution in [-0.2, 0) is 19.3 Å². The molecule has 0 aliphatic carbocycles. The molecule has 0 saturated carbocycles. The van der Waals surface area contributed by atoms with Crippen LogP contribution in [0.15, 0.2) is 23.4 Å². The highest BCUT2D eigenvalue weighted by Crippen LogP contribution is 2.33. The Morgan fingerprint density at radius 3 is 2.68 bits per heavy atom. The highest BCUT2D eigenvalue weighted by Gasteiger charge is 2.24.